The smallest absolute Gasteiger partial charge is 0.338 e. The molecule has 2 aromatic heterocycles. The highest BCUT2D eigenvalue weighted by Gasteiger charge is 2.33. The minimum absolute atomic E-state index is 0.180. The Bertz CT molecular complexity index is 1760. The Morgan fingerprint density at radius 2 is 1.84 bits per heavy atom. The van der Waals surface area contributed by atoms with E-state index in [2.05, 4.69) is 20.9 Å². The normalized spacial score (nSPS) is 15.2. The van der Waals surface area contributed by atoms with E-state index in [9.17, 15) is 14.4 Å². The highest BCUT2D eigenvalue weighted by atomic mass is 79.9. The van der Waals surface area contributed by atoms with Crippen molar-refractivity contribution in [1.29, 1.82) is 0 Å². The molecule has 1 aliphatic heterocycles. The molecule has 1 N–H and O–H groups in total. The number of hydrogen-bond donors (Lipinski definition) is 1. The maximum atomic E-state index is 13.7. The fourth-order valence-corrected chi connectivity index (χ4v) is 5.53. The van der Waals surface area contributed by atoms with Gasteiger partial charge in [0.25, 0.3) is 5.56 Å². The van der Waals surface area contributed by atoms with Crippen LogP contribution in [0.2, 0.25) is 0 Å². The van der Waals surface area contributed by atoms with Crippen molar-refractivity contribution < 1.29 is 23.8 Å². The summed E-state index contributed by atoms with van der Waals surface area (Å²) in [5.74, 6) is -0.529. The number of halogens is 1. The number of ether oxygens (including phenoxy) is 1. The van der Waals surface area contributed by atoms with Crippen molar-refractivity contribution >= 4 is 45.3 Å². The highest BCUT2D eigenvalue weighted by molar-refractivity contribution is 9.10. The van der Waals surface area contributed by atoms with Crippen LogP contribution in [-0.2, 0) is 9.53 Å². The highest BCUT2D eigenvalue weighted by Crippen LogP contribution is 2.31. The maximum absolute atomic E-state index is 13.7. The van der Waals surface area contributed by atoms with Crippen LogP contribution < -0.4 is 14.9 Å². The molecule has 0 unspecified atom stereocenters. The summed E-state index contributed by atoms with van der Waals surface area (Å²) in [7, 11) is 0. The van der Waals surface area contributed by atoms with E-state index in [0.717, 1.165) is 10.0 Å². The summed E-state index contributed by atoms with van der Waals surface area (Å²) < 4.78 is 14.0. The van der Waals surface area contributed by atoms with E-state index in [0.29, 0.717) is 37.7 Å². The van der Waals surface area contributed by atoms with Gasteiger partial charge >= 0.3 is 11.9 Å². The van der Waals surface area contributed by atoms with Gasteiger partial charge in [-0.15, -0.1) is 0 Å². The third-order valence-electron chi connectivity index (χ3n) is 6.02. The van der Waals surface area contributed by atoms with Gasteiger partial charge in [0, 0.05) is 16.1 Å². The molecule has 5 rings (SSSR count). The van der Waals surface area contributed by atoms with E-state index in [-0.39, 0.29) is 17.7 Å². The third-order valence-corrected chi connectivity index (χ3v) is 7.53. The van der Waals surface area contributed by atoms with Gasteiger partial charge in [-0.3, -0.25) is 9.36 Å². The van der Waals surface area contributed by atoms with Crippen LogP contribution >= 0.6 is 27.3 Å². The number of carbonyl (C=O) groups excluding carboxylic acids is 1. The fraction of sp³-hybridized carbons (Fsp3) is 0.143. The molecule has 38 heavy (non-hydrogen) atoms. The Kier molecular flexibility index (Phi) is 7.00. The zero-order chi connectivity index (χ0) is 27.0. The molecule has 0 aliphatic carbocycles. The van der Waals surface area contributed by atoms with Crippen molar-refractivity contribution in [2.24, 2.45) is 4.99 Å². The summed E-state index contributed by atoms with van der Waals surface area (Å²) in [6.07, 6.45) is 1.64. The van der Waals surface area contributed by atoms with Gasteiger partial charge in [0.1, 0.15) is 11.5 Å². The minimum atomic E-state index is -1.00. The predicted octanol–water partition coefficient (Wildman–Crippen LogP) is 4.52. The number of carboxylic acids is 1. The van der Waals surface area contributed by atoms with Gasteiger partial charge in [0.05, 0.1) is 34.0 Å². The number of carbonyl (C=O) groups is 2. The molecule has 0 amide bonds. The van der Waals surface area contributed by atoms with Crippen LogP contribution in [0.15, 0.2) is 90.6 Å². The summed E-state index contributed by atoms with van der Waals surface area (Å²) in [5, 5.41) is 9.11. The summed E-state index contributed by atoms with van der Waals surface area (Å²) in [4.78, 5) is 42.8. The zero-order valence-corrected chi connectivity index (χ0v) is 22.7. The first kappa shape index (κ1) is 25.6. The molecule has 8 nitrogen and oxygen atoms in total. The summed E-state index contributed by atoms with van der Waals surface area (Å²) in [6.45, 7) is 3.67. The number of benzene rings is 2. The average Bonchev–Trinajstić information content (AvgIpc) is 3.48. The van der Waals surface area contributed by atoms with Gasteiger partial charge in [0.15, 0.2) is 4.80 Å². The monoisotopic (exact) mass is 592 g/mol. The summed E-state index contributed by atoms with van der Waals surface area (Å²) in [6, 6.07) is 16.6. The number of esters is 1. The van der Waals surface area contributed by atoms with Gasteiger partial charge in [-0.2, -0.15) is 0 Å². The maximum Gasteiger partial charge on any atom is 0.338 e. The summed E-state index contributed by atoms with van der Waals surface area (Å²) in [5.41, 5.74) is 2.15. The average molecular weight is 593 g/mol. The van der Waals surface area contributed by atoms with Crippen molar-refractivity contribution in [3.8, 4) is 11.3 Å². The first-order valence-electron chi connectivity index (χ1n) is 11.7. The van der Waals surface area contributed by atoms with Crippen LogP contribution in [0.3, 0.4) is 0 Å². The van der Waals surface area contributed by atoms with Crippen molar-refractivity contribution in [3.05, 3.63) is 113 Å². The molecule has 0 bridgehead atoms. The Hall–Kier alpha value is -4.02. The first-order valence-corrected chi connectivity index (χ1v) is 13.3. The number of nitrogens with zero attached hydrogens (tertiary/aromatic N) is 2. The number of aromatic nitrogens is 1. The fourth-order valence-electron chi connectivity index (χ4n) is 4.24. The number of aromatic carboxylic acids is 1. The van der Waals surface area contributed by atoms with E-state index in [1.807, 2.05) is 24.3 Å². The molecule has 0 saturated carbocycles. The van der Waals surface area contributed by atoms with Gasteiger partial charge in [0.2, 0.25) is 0 Å². The lowest BCUT2D eigenvalue weighted by Gasteiger charge is -2.24. The number of thiazole rings is 1. The van der Waals surface area contributed by atoms with E-state index >= 15 is 0 Å². The standard InChI is InChI=1S/C28H21BrN2O6S/c1-3-36-27(35)23-15(2)30-28-31(24(23)17-8-10-19(29)11-9-17)25(32)22(38-28)14-20-12-13-21(37-20)16-4-6-18(7-5-16)26(33)34/h4-14,24H,3H2,1-2H3,(H,33,34)/b22-14-/t24-/m1/s1. The van der Waals surface area contributed by atoms with Crippen LogP contribution in [0.1, 0.15) is 41.6 Å². The quantitative estimate of drug-likeness (QED) is 0.329. The molecule has 1 aliphatic rings. The van der Waals surface area contributed by atoms with Crippen LogP contribution in [0.25, 0.3) is 17.4 Å². The Balaban J connectivity index is 1.59. The van der Waals surface area contributed by atoms with Crippen LogP contribution in [0, 0.1) is 0 Å². The van der Waals surface area contributed by atoms with E-state index < -0.39 is 18.0 Å². The largest absolute Gasteiger partial charge is 0.478 e. The predicted molar refractivity (Wildman–Crippen MR) is 146 cm³/mol. The van der Waals surface area contributed by atoms with E-state index in [1.165, 1.54) is 28.0 Å². The van der Waals surface area contributed by atoms with Crippen molar-refractivity contribution in [2.75, 3.05) is 6.61 Å². The van der Waals surface area contributed by atoms with Crippen LogP contribution in [0.5, 0.6) is 0 Å². The number of furan rings is 1. The van der Waals surface area contributed by atoms with Crippen LogP contribution in [-0.4, -0.2) is 28.2 Å². The molecule has 0 spiro atoms. The Morgan fingerprint density at radius 1 is 1.13 bits per heavy atom. The third kappa shape index (κ3) is 4.80. The SMILES string of the molecule is CCOC(=O)C1=C(C)N=c2s/c(=C\c3ccc(-c4ccc(C(=O)O)cc4)o3)c(=O)n2[C@@H]1c1ccc(Br)cc1. The second-order valence-corrected chi connectivity index (χ2v) is 10.4. The Morgan fingerprint density at radius 3 is 2.50 bits per heavy atom. The van der Waals surface area contributed by atoms with Crippen LogP contribution in [0.4, 0.5) is 0 Å². The molecule has 0 radical (unpaired) electrons. The lowest BCUT2D eigenvalue weighted by molar-refractivity contribution is -0.139. The second-order valence-electron chi connectivity index (χ2n) is 8.44. The molecule has 0 fully saturated rings. The number of hydrogen-bond acceptors (Lipinski definition) is 7. The van der Waals surface area contributed by atoms with E-state index in [4.69, 9.17) is 14.3 Å². The summed E-state index contributed by atoms with van der Waals surface area (Å²) >= 11 is 4.64. The molecule has 0 saturated heterocycles. The molecule has 10 heteroatoms. The molecule has 2 aromatic carbocycles. The zero-order valence-electron chi connectivity index (χ0n) is 20.3. The number of allylic oxidation sites excluding steroid dienone is 1. The first-order chi connectivity index (χ1) is 18.3. The lowest BCUT2D eigenvalue weighted by Crippen LogP contribution is -2.39. The number of fused-ring (bicyclic) bond motifs is 1. The topological polar surface area (TPSA) is 111 Å². The van der Waals surface area contributed by atoms with Crippen molar-refractivity contribution in [2.45, 2.75) is 19.9 Å². The molecule has 192 valence electrons. The molecule has 1 atom stereocenters. The van der Waals surface area contributed by atoms with Gasteiger partial charge in [-0.1, -0.05) is 51.5 Å². The molecular formula is C28H21BrN2O6S. The molecular weight excluding hydrogens is 572 g/mol. The van der Waals surface area contributed by atoms with Gasteiger partial charge in [-0.05, 0) is 55.8 Å². The van der Waals surface area contributed by atoms with E-state index in [1.54, 1.807) is 44.2 Å². The minimum Gasteiger partial charge on any atom is -0.478 e. The number of rotatable bonds is 6. The van der Waals surface area contributed by atoms with Crippen molar-refractivity contribution in [1.82, 2.24) is 4.57 Å². The second kappa shape index (κ2) is 10.4. The Labute approximate surface area is 229 Å². The van der Waals surface area contributed by atoms with Crippen molar-refractivity contribution in [3.63, 3.8) is 0 Å². The molecule has 3 heterocycles. The van der Waals surface area contributed by atoms with Gasteiger partial charge in [-0.25, -0.2) is 14.6 Å². The number of carboxylic acid groups (broad SMARTS) is 1. The lowest BCUT2D eigenvalue weighted by atomic mass is 9.96. The van der Waals surface area contributed by atoms with Gasteiger partial charge < -0.3 is 14.3 Å². The molecule has 4 aromatic rings.